The van der Waals surface area contributed by atoms with Gasteiger partial charge in [0.25, 0.3) is 10.0 Å². The highest BCUT2D eigenvalue weighted by molar-refractivity contribution is 7.90. The number of rotatable bonds is 6. The number of carbonyl (C=O) groups excluding carboxylic acids is 1. The maximum Gasteiger partial charge on any atom is 0.329 e. The minimum atomic E-state index is -3.78. The number of pyridine rings is 1. The van der Waals surface area contributed by atoms with Crippen molar-refractivity contribution in [3.8, 4) is 6.01 Å². The normalized spacial score (nSPS) is 22.5. The van der Waals surface area contributed by atoms with Gasteiger partial charge in [0.05, 0.1) is 30.0 Å². The van der Waals surface area contributed by atoms with Gasteiger partial charge in [0.15, 0.2) is 5.65 Å². The van der Waals surface area contributed by atoms with Crippen molar-refractivity contribution in [1.29, 1.82) is 0 Å². The van der Waals surface area contributed by atoms with Crippen LogP contribution in [0.25, 0.3) is 22.1 Å². The summed E-state index contributed by atoms with van der Waals surface area (Å²) in [6.07, 6.45) is 8.81. The zero-order chi connectivity index (χ0) is 27.4. The first kappa shape index (κ1) is 25.0. The number of nitrogens with zero attached hydrogens (tertiary/aromatic N) is 6. The molecule has 2 saturated carbocycles. The van der Waals surface area contributed by atoms with E-state index in [1.54, 1.807) is 42.7 Å². The monoisotopic (exact) mass is 578 g/mol. The van der Waals surface area contributed by atoms with Crippen LogP contribution in [-0.2, 0) is 10.0 Å². The molecule has 2 amide bonds. The fourth-order valence-corrected chi connectivity index (χ4v) is 8.21. The summed E-state index contributed by atoms with van der Waals surface area (Å²) in [7, 11) is -2.30. The predicted octanol–water partition coefficient (Wildman–Crippen LogP) is 4.03. The van der Waals surface area contributed by atoms with Gasteiger partial charge >= 0.3 is 12.0 Å². The highest BCUT2D eigenvalue weighted by atomic mass is 32.2. The van der Waals surface area contributed by atoms with Crippen molar-refractivity contribution >= 4 is 54.8 Å². The zero-order valence-electron chi connectivity index (χ0n) is 21.5. The molecule has 14 heteroatoms. The van der Waals surface area contributed by atoms with Crippen molar-refractivity contribution in [2.75, 3.05) is 12.4 Å². The van der Waals surface area contributed by atoms with Crippen LogP contribution in [0, 0.1) is 11.8 Å². The molecule has 4 atom stereocenters. The standard InChI is InChI=1S/C26H26N8O4S2/c1-38-25-31-26(39-32-25)30-24(35)29-17-9-15-11-18(12-16(15)10-17)33-14-28-21-13-27-23-20(22(21)33)7-8-34(23)40(36,37)19-5-3-2-4-6-19/h2-8,13-18H,9-12H2,1H3,(H2,29,30,31,32,35)/t15-,16+,17?,18?. The van der Waals surface area contributed by atoms with Gasteiger partial charge in [-0.05, 0) is 55.7 Å². The number of ether oxygens (including phenoxy) is 1. The number of imidazole rings is 1. The van der Waals surface area contributed by atoms with E-state index in [4.69, 9.17) is 4.74 Å². The summed E-state index contributed by atoms with van der Waals surface area (Å²) in [5.74, 6) is 0.963. The molecule has 0 aliphatic heterocycles. The fraction of sp³-hybridized carbons (Fsp3) is 0.346. The van der Waals surface area contributed by atoms with Gasteiger partial charge < -0.3 is 14.6 Å². The third-order valence-corrected chi connectivity index (χ3v) is 10.3. The molecule has 1 aromatic carbocycles. The van der Waals surface area contributed by atoms with Crippen LogP contribution < -0.4 is 15.4 Å². The SMILES string of the molecule is COc1nsc(NC(=O)NC2C[C@@H]3CC(n4cnc5cnc6c(ccn6S(=O)(=O)c6ccccc6)c54)C[C@@H]3C2)n1. The minimum Gasteiger partial charge on any atom is -0.466 e. The van der Waals surface area contributed by atoms with Crippen LogP contribution in [0.1, 0.15) is 31.7 Å². The van der Waals surface area contributed by atoms with Crippen LogP contribution in [0.3, 0.4) is 0 Å². The third kappa shape index (κ3) is 4.18. The topological polar surface area (TPSA) is 146 Å². The molecular weight excluding hydrogens is 552 g/mol. The highest BCUT2D eigenvalue weighted by Gasteiger charge is 2.43. The Labute approximate surface area is 233 Å². The highest BCUT2D eigenvalue weighted by Crippen LogP contribution is 2.49. The van der Waals surface area contributed by atoms with Gasteiger partial charge in [-0.15, -0.1) is 4.37 Å². The Morgan fingerprint density at radius 3 is 2.58 bits per heavy atom. The van der Waals surface area contributed by atoms with Crippen LogP contribution in [0.4, 0.5) is 9.93 Å². The summed E-state index contributed by atoms with van der Waals surface area (Å²) in [5.41, 5.74) is 2.03. The van der Waals surface area contributed by atoms with E-state index in [1.165, 1.54) is 11.1 Å². The van der Waals surface area contributed by atoms with Gasteiger partial charge in [-0.2, -0.15) is 4.98 Å². The van der Waals surface area contributed by atoms with E-state index >= 15 is 0 Å². The average Bonchev–Trinajstić information content (AvgIpc) is 3.76. The van der Waals surface area contributed by atoms with E-state index in [0.717, 1.165) is 53.6 Å². The molecule has 2 fully saturated rings. The molecule has 4 heterocycles. The Bertz CT molecular complexity index is 1820. The van der Waals surface area contributed by atoms with Crippen LogP contribution in [0.2, 0.25) is 0 Å². The molecule has 5 aromatic rings. The summed E-state index contributed by atoms with van der Waals surface area (Å²) in [5, 5.41) is 6.96. The van der Waals surface area contributed by atoms with Crippen molar-refractivity contribution in [2.45, 2.75) is 42.7 Å². The Morgan fingerprint density at radius 1 is 1.07 bits per heavy atom. The average molecular weight is 579 g/mol. The second kappa shape index (κ2) is 9.55. The van der Waals surface area contributed by atoms with Crippen molar-refractivity contribution in [3.05, 3.63) is 55.1 Å². The van der Waals surface area contributed by atoms with Crippen molar-refractivity contribution in [1.82, 2.24) is 33.2 Å². The minimum absolute atomic E-state index is 0.0958. The van der Waals surface area contributed by atoms with E-state index in [2.05, 4.69) is 34.5 Å². The number of hydrogen-bond donors (Lipinski definition) is 2. The molecule has 206 valence electrons. The van der Waals surface area contributed by atoms with E-state index in [9.17, 15) is 13.2 Å². The molecule has 12 nitrogen and oxygen atoms in total. The fourth-order valence-electron chi connectivity index (χ4n) is 6.36. The lowest BCUT2D eigenvalue weighted by Gasteiger charge is -2.18. The number of fused-ring (bicyclic) bond motifs is 4. The molecular formula is C26H26N8O4S2. The molecule has 0 saturated heterocycles. The first-order valence-corrected chi connectivity index (χ1v) is 15.2. The summed E-state index contributed by atoms with van der Waals surface area (Å²) in [6.45, 7) is 0. The Morgan fingerprint density at radius 2 is 1.85 bits per heavy atom. The van der Waals surface area contributed by atoms with E-state index in [-0.39, 0.29) is 29.0 Å². The van der Waals surface area contributed by atoms with Gasteiger partial charge in [-0.3, -0.25) is 5.32 Å². The molecule has 40 heavy (non-hydrogen) atoms. The van der Waals surface area contributed by atoms with Gasteiger partial charge in [-0.25, -0.2) is 27.2 Å². The number of nitrogens with one attached hydrogen (secondary N) is 2. The molecule has 2 aliphatic rings. The second-order valence-electron chi connectivity index (χ2n) is 10.3. The molecule has 2 N–H and O–H groups in total. The zero-order valence-corrected chi connectivity index (χ0v) is 23.1. The Hall–Kier alpha value is -4.04. The maximum absolute atomic E-state index is 13.3. The number of benzene rings is 1. The van der Waals surface area contributed by atoms with Crippen molar-refractivity contribution in [2.24, 2.45) is 11.8 Å². The predicted molar refractivity (Wildman–Crippen MR) is 149 cm³/mol. The molecule has 2 aliphatic carbocycles. The lowest BCUT2D eigenvalue weighted by atomic mass is 10.0. The number of aromatic nitrogens is 6. The van der Waals surface area contributed by atoms with Gasteiger partial charge in [0.2, 0.25) is 5.13 Å². The van der Waals surface area contributed by atoms with E-state index < -0.39 is 10.0 Å². The lowest BCUT2D eigenvalue weighted by molar-refractivity contribution is 0.247. The first-order chi connectivity index (χ1) is 19.4. The van der Waals surface area contributed by atoms with Gasteiger partial charge in [0.1, 0.15) is 5.52 Å². The number of hydrogen-bond acceptors (Lipinski definition) is 9. The largest absolute Gasteiger partial charge is 0.466 e. The Balaban J connectivity index is 1.08. The quantitative estimate of drug-likeness (QED) is 0.307. The molecule has 2 unspecified atom stereocenters. The lowest BCUT2D eigenvalue weighted by Crippen LogP contribution is -2.36. The molecule has 0 bridgehead atoms. The van der Waals surface area contributed by atoms with Crippen molar-refractivity contribution < 1.29 is 17.9 Å². The number of amides is 2. The van der Waals surface area contributed by atoms with Crippen LogP contribution in [0.5, 0.6) is 6.01 Å². The summed E-state index contributed by atoms with van der Waals surface area (Å²) >= 11 is 1.07. The van der Waals surface area contributed by atoms with Crippen LogP contribution in [-0.4, -0.2) is 55.5 Å². The second-order valence-corrected chi connectivity index (χ2v) is 12.9. The number of urea groups is 1. The summed E-state index contributed by atoms with van der Waals surface area (Å²) in [4.78, 5) is 25.9. The molecule has 0 spiro atoms. The molecule has 0 radical (unpaired) electrons. The first-order valence-electron chi connectivity index (χ1n) is 13.0. The summed E-state index contributed by atoms with van der Waals surface area (Å²) < 4.78 is 39.1. The molecule has 7 rings (SSSR count). The third-order valence-electron chi connectivity index (χ3n) is 8.04. The van der Waals surface area contributed by atoms with Gasteiger partial charge in [0, 0.05) is 35.2 Å². The van der Waals surface area contributed by atoms with Crippen molar-refractivity contribution in [3.63, 3.8) is 0 Å². The smallest absolute Gasteiger partial charge is 0.329 e. The van der Waals surface area contributed by atoms with Gasteiger partial charge in [-0.1, -0.05) is 18.2 Å². The summed E-state index contributed by atoms with van der Waals surface area (Å²) in [6, 6.07) is 10.5. The Kier molecular flexibility index (Phi) is 5.96. The van der Waals surface area contributed by atoms with E-state index in [0.29, 0.717) is 22.6 Å². The number of anilines is 1. The molecule has 4 aromatic heterocycles. The maximum atomic E-state index is 13.3. The number of methoxy groups -OCH3 is 1. The van der Waals surface area contributed by atoms with Crippen LogP contribution >= 0.6 is 11.5 Å². The number of carbonyl (C=O) groups is 1. The van der Waals surface area contributed by atoms with E-state index in [1.807, 2.05) is 12.4 Å². The van der Waals surface area contributed by atoms with Crippen LogP contribution in [0.15, 0.2) is 60.0 Å².